The van der Waals surface area contributed by atoms with Gasteiger partial charge in [0.25, 0.3) is 10.0 Å². The maximum absolute atomic E-state index is 12.9. The average molecular weight is 841 g/mol. The van der Waals surface area contributed by atoms with Crippen LogP contribution in [0.5, 0.6) is 0 Å². The maximum Gasteiger partial charge on any atom is 0.333 e. The van der Waals surface area contributed by atoms with Crippen molar-refractivity contribution in [1.82, 2.24) is 4.72 Å². The molecule has 8 rings (SSSR count). The van der Waals surface area contributed by atoms with Crippen LogP contribution in [0.4, 0.5) is 10.5 Å². The minimum absolute atomic E-state index is 0.0714. The molecule has 5 aliphatic rings. The van der Waals surface area contributed by atoms with E-state index in [9.17, 15) is 32.7 Å². The van der Waals surface area contributed by atoms with Crippen LogP contribution in [-0.4, -0.2) is 49.1 Å². The lowest BCUT2D eigenvalue weighted by Crippen LogP contribution is -2.35. The van der Waals surface area contributed by atoms with Gasteiger partial charge >= 0.3 is 6.03 Å². The number of Topliss-reactive ketones (excluding diaryl/α,β-unsaturated/α-hetero) is 3. The van der Waals surface area contributed by atoms with Gasteiger partial charge < -0.3 is 24.1 Å². The molecule has 1 atom stereocenters. The molecule has 1 unspecified atom stereocenters. The van der Waals surface area contributed by atoms with Crippen LogP contribution in [0.2, 0.25) is 0 Å². The third-order valence-corrected chi connectivity index (χ3v) is 12.5. The molecular weight excluding hydrogens is 784 g/mol. The number of amides is 2. The first-order valence-corrected chi connectivity index (χ1v) is 21.9. The minimum Gasteiger partial charge on any atom is -0.469 e. The number of aryl methyl sites for hydroxylation is 2. The number of sulfonamides is 1. The zero-order chi connectivity index (χ0) is 42.8. The van der Waals surface area contributed by atoms with E-state index in [1.165, 1.54) is 17.2 Å². The molecule has 0 radical (unpaired) electrons. The quantitative estimate of drug-likeness (QED) is 0.131. The lowest BCUT2D eigenvalue weighted by Gasteiger charge is -2.38. The fourth-order valence-corrected chi connectivity index (χ4v) is 10.0. The molecule has 316 valence electrons. The molecule has 0 aliphatic heterocycles. The van der Waals surface area contributed by atoms with E-state index >= 15 is 0 Å². The molecule has 2 aromatic heterocycles. The number of alkyl halides is 1. The molecule has 3 N–H and O–H groups in total. The lowest BCUT2D eigenvalue weighted by atomic mass is 9.70. The summed E-state index contributed by atoms with van der Waals surface area (Å²) in [6.07, 6.45) is 11.9. The average Bonchev–Trinajstić information content (AvgIpc) is 3.89. The van der Waals surface area contributed by atoms with Gasteiger partial charge in [-0.3, -0.25) is 14.4 Å². The second-order valence-corrected chi connectivity index (χ2v) is 20.7. The monoisotopic (exact) mass is 840 g/mol. The van der Waals surface area contributed by atoms with Crippen LogP contribution in [0, 0.1) is 16.2 Å². The summed E-state index contributed by atoms with van der Waals surface area (Å²) in [5, 5.41) is 13.3. The van der Waals surface area contributed by atoms with Crippen molar-refractivity contribution in [2.75, 3.05) is 11.2 Å². The van der Waals surface area contributed by atoms with Gasteiger partial charge in [-0.25, -0.2) is 9.52 Å². The van der Waals surface area contributed by atoms with Gasteiger partial charge in [-0.1, -0.05) is 47.6 Å². The molecule has 1 saturated carbocycles. The summed E-state index contributed by atoms with van der Waals surface area (Å²) < 4.78 is 38.9. The Morgan fingerprint density at radius 2 is 1.38 bits per heavy atom. The summed E-state index contributed by atoms with van der Waals surface area (Å²) in [6.45, 7) is 13.8. The van der Waals surface area contributed by atoms with Crippen molar-refractivity contribution >= 4 is 57.0 Å². The number of carbonyl (C=O) groups is 5. The van der Waals surface area contributed by atoms with Gasteiger partial charge in [0, 0.05) is 49.4 Å². The van der Waals surface area contributed by atoms with E-state index in [1.54, 1.807) is 19.3 Å². The van der Waals surface area contributed by atoms with Crippen LogP contribution >= 0.6 is 11.6 Å². The Morgan fingerprint density at radius 1 is 0.828 bits per heavy atom. The number of aliphatic hydroxyl groups is 1. The SMILES string of the molecule is CC1(C)CC(=O)CC(=O)C1.CC1(C)CC(=O)c2ccoc2C1.CC1(C)Cc2oc(S(=O)(=O)NC(=O)Nc3c4c(cc5c3CCC5)CCC4)cc2C(C)(O)C1.O=CCCl. The standard InChI is InChI=1S/C24H30N2O5S.C10H12O2.C8H12O2.C2H3ClO/c1-23(2)12-19-18(24(3,28)13-23)11-20(31-19)32(29,30)26-22(27)25-21-16-8-4-6-14(16)10-15-7-5-9-17(15)21;1-10(2)5-8(11)7-3-4-12-9(7)6-10;1-8(2)4-6(9)3-7(10)5-8;3-1-2-4/h10-11,28H,4-9,12-13H2,1-3H3,(H2,25,26,27);3-4H,5-6H2,1-2H3;3-5H2,1-2H3;2H,1H2. The van der Waals surface area contributed by atoms with E-state index in [0.29, 0.717) is 49.7 Å². The van der Waals surface area contributed by atoms with E-state index in [0.717, 1.165) is 73.1 Å². The second-order valence-electron chi connectivity index (χ2n) is 18.8. The topological polar surface area (TPSA) is 190 Å². The van der Waals surface area contributed by atoms with Crippen molar-refractivity contribution in [3.05, 3.63) is 69.4 Å². The van der Waals surface area contributed by atoms with Crippen molar-refractivity contribution < 1.29 is 46.3 Å². The normalized spacial score (nSPS) is 21.9. The van der Waals surface area contributed by atoms with E-state index in [2.05, 4.69) is 30.0 Å². The van der Waals surface area contributed by atoms with Crippen molar-refractivity contribution in [2.24, 2.45) is 16.2 Å². The summed E-state index contributed by atoms with van der Waals surface area (Å²) >= 11 is 4.82. The Kier molecular flexibility index (Phi) is 13.4. The Labute approximate surface area is 346 Å². The third kappa shape index (κ3) is 10.9. The number of anilines is 1. The number of benzene rings is 1. The molecule has 5 aliphatic carbocycles. The summed E-state index contributed by atoms with van der Waals surface area (Å²) in [4.78, 5) is 55.1. The summed E-state index contributed by atoms with van der Waals surface area (Å²) in [6, 6.07) is 4.58. The number of hydrogen-bond acceptors (Lipinski definition) is 10. The first-order valence-electron chi connectivity index (χ1n) is 19.9. The molecule has 3 aromatic rings. The number of aldehydes is 1. The highest BCUT2D eigenvalue weighted by Gasteiger charge is 2.43. The molecule has 2 amide bonds. The fraction of sp³-hybridized carbons (Fsp3) is 0.568. The van der Waals surface area contributed by atoms with Gasteiger partial charge in [0.2, 0.25) is 5.09 Å². The van der Waals surface area contributed by atoms with E-state index in [-0.39, 0.29) is 51.0 Å². The lowest BCUT2D eigenvalue weighted by molar-refractivity contribution is -0.133. The molecule has 12 nitrogen and oxygen atoms in total. The number of ketones is 3. The fourth-order valence-electron chi connectivity index (χ4n) is 9.15. The van der Waals surface area contributed by atoms with Gasteiger partial charge in [0.1, 0.15) is 29.4 Å². The molecule has 58 heavy (non-hydrogen) atoms. The molecule has 0 spiro atoms. The minimum atomic E-state index is -4.23. The van der Waals surface area contributed by atoms with Gasteiger partial charge in [0.05, 0.1) is 29.7 Å². The number of furan rings is 2. The van der Waals surface area contributed by atoms with Crippen LogP contribution in [-0.2, 0) is 68.5 Å². The van der Waals surface area contributed by atoms with Crippen molar-refractivity contribution in [3.8, 4) is 0 Å². The van der Waals surface area contributed by atoms with Crippen LogP contribution in [0.25, 0.3) is 0 Å². The Hall–Kier alpha value is -4.07. The highest BCUT2D eigenvalue weighted by molar-refractivity contribution is 7.89. The molecular formula is C44H57ClN2O10S. The predicted molar refractivity (Wildman–Crippen MR) is 220 cm³/mol. The van der Waals surface area contributed by atoms with Crippen LogP contribution in [0.15, 0.2) is 38.4 Å². The Bertz CT molecular complexity index is 2140. The summed E-state index contributed by atoms with van der Waals surface area (Å²) in [5.41, 5.74) is 5.38. The molecule has 0 bridgehead atoms. The number of halogens is 1. The number of carbonyl (C=O) groups excluding carboxylic acids is 5. The second kappa shape index (κ2) is 17.3. The summed E-state index contributed by atoms with van der Waals surface area (Å²) in [7, 11) is -4.23. The third-order valence-electron chi connectivity index (χ3n) is 11.2. The molecule has 1 fully saturated rings. The molecule has 14 heteroatoms. The zero-order valence-corrected chi connectivity index (χ0v) is 36.3. The van der Waals surface area contributed by atoms with Crippen molar-refractivity contribution in [1.29, 1.82) is 0 Å². The Balaban J connectivity index is 0.000000200. The van der Waals surface area contributed by atoms with Crippen LogP contribution < -0.4 is 10.0 Å². The van der Waals surface area contributed by atoms with Gasteiger partial charge in [-0.15, -0.1) is 11.6 Å². The van der Waals surface area contributed by atoms with Crippen LogP contribution in [0.3, 0.4) is 0 Å². The van der Waals surface area contributed by atoms with Crippen molar-refractivity contribution in [2.45, 2.75) is 143 Å². The first kappa shape index (κ1) is 45.0. The smallest absolute Gasteiger partial charge is 0.333 e. The summed E-state index contributed by atoms with van der Waals surface area (Å²) in [5.74, 6) is 1.83. The predicted octanol–water partition coefficient (Wildman–Crippen LogP) is 8.14. The van der Waals surface area contributed by atoms with Crippen molar-refractivity contribution in [3.63, 3.8) is 0 Å². The largest absolute Gasteiger partial charge is 0.469 e. The van der Waals surface area contributed by atoms with Gasteiger partial charge in [0.15, 0.2) is 5.78 Å². The maximum atomic E-state index is 12.9. The number of fused-ring (bicyclic) bond motifs is 4. The van der Waals surface area contributed by atoms with Gasteiger partial charge in [-0.05, 0) is 96.4 Å². The number of urea groups is 1. The van der Waals surface area contributed by atoms with Crippen LogP contribution in [0.1, 0.15) is 143 Å². The van der Waals surface area contributed by atoms with E-state index in [1.807, 2.05) is 27.7 Å². The van der Waals surface area contributed by atoms with Gasteiger partial charge in [-0.2, -0.15) is 8.42 Å². The first-order chi connectivity index (χ1) is 26.9. The zero-order valence-electron chi connectivity index (χ0n) is 34.7. The molecule has 0 saturated heterocycles. The number of rotatable bonds is 4. The number of nitrogens with one attached hydrogen (secondary N) is 2. The molecule has 2 heterocycles. The van der Waals surface area contributed by atoms with E-state index < -0.39 is 21.7 Å². The number of hydrogen-bond donors (Lipinski definition) is 3. The molecule has 1 aromatic carbocycles. The highest BCUT2D eigenvalue weighted by atomic mass is 35.5. The highest BCUT2D eigenvalue weighted by Crippen LogP contribution is 2.46. The van der Waals surface area contributed by atoms with E-state index in [4.69, 9.17) is 25.2 Å². The Morgan fingerprint density at radius 3 is 1.93 bits per heavy atom.